The lowest BCUT2D eigenvalue weighted by atomic mass is 9.94. The smallest absolute Gasteiger partial charge is 0.269 e. The van der Waals surface area contributed by atoms with Crippen molar-refractivity contribution in [1.82, 2.24) is 4.72 Å². The SMILES string of the molecule is CC(C)(C)[S@@](=O)N[C@@](C)(CS[C@@]1(C#N)CCOC1)c1cc([N+](=O)[O-])ccc1F. The van der Waals surface area contributed by atoms with Gasteiger partial charge in [-0.15, -0.1) is 11.8 Å². The number of ether oxygens (including phenoxy) is 1. The van der Waals surface area contributed by atoms with Gasteiger partial charge in [-0.05, 0) is 33.8 Å². The fraction of sp³-hybridized carbons (Fsp3) is 0.611. The molecular weight excluding hydrogens is 405 g/mol. The molecule has 1 aliphatic rings. The molecule has 1 aliphatic heterocycles. The highest BCUT2D eigenvalue weighted by Crippen LogP contribution is 2.39. The van der Waals surface area contributed by atoms with Crippen molar-refractivity contribution in [2.75, 3.05) is 19.0 Å². The van der Waals surface area contributed by atoms with Gasteiger partial charge in [0.15, 0.2) is 0 Å². The summed E-state index contributed by atoms with van der Waals surface area (Å²) in [4.78, 5) is 10.6. The molecule has 1 fully saturated rings. The zero-order valence-electron chi connectivity index (χ0n) is 16.3. The lowest BCUT2D eigenvalue weighted by Gasteiger charge is -2.35. The van der Waals surface area contributed by atoms with Crippen LogP contribution in [0.4, 0.5) is 10.1 Å². The van der Waals surface area contributed by atoms with E-state index >= 15 is 0 Å². The number of nitro benzene ring substituents is 1. The van der Waals surface area contributed by atoms with E-state index in [-0.39, 0.29) is 23.6 Å². The van der Waals surface area contributed by atoms with Crippen molar-refractivity contribution in [2.45, 2.75) is 49.1 Å². The molecule has 1 aromatic carbocycles. The number of hydrogen-bond acceptors (Lipinski definition) is 6. The zero-order chi connectivity index (χ0) is 21.2. The molecule has 1 aromatic rings. The van der Waals surface area contributed by atoms with Crippen molar-refractivity contribution < 1.29 is 18.3 Å². The fourth-order valence-corrected chi connectivity index (χ4v) is 4.87. The molecule has 7 nitrogen and oxygen atoms in total. The van der Waals surface area contributed by atoms with Crippen molar-refractivity contribution in [3.63, 3.8) is 0 Å². The predicted molar refractivity (Wildman–Crippen MR) is 108 cm³/mol. The van der Waals surface area contributed by atoms with Gasteiger partial charge in [-0.25, -0.2) is 13.3 Å². The van der Waals surface area contributed by atoms with E-state index in [0.717, 1.165) is 18.2 Å². The van der Waals surface area contributed by atoms with Gasteiger partial charge in [0.2, 0.25) is 0 Å². The van der Waals surface area contributed by atoms with Crippen LogP contribution in [0.3, 0.4) is 0 Å². The standard InChI is InChI=1S/C18H24FN3O4S2/c1-16(2,3)28(25)21-17(4,12-27-18(10-20)7-8-26-11-18)14-9-13(22(23)24)5-6-15(14)19/h5-6,9,21H,7-8,11-12H2,1-4H3/t17-,18+,28+/m0/s1. The number of non-ortho nitro benzene ring substituents is 1. The zero-order valence-corrected chi connectivity index (χ0v) is 17.9. The lowest BCUT2D eigenvalue weighted by molar-refractivity contribution is -0.385. The molecule has 1 N–H and O–H groups in total. The summed E-state index contributed by atoms with van der Waals surface area (Å²) in [6.45, 7) is 7.68. The van der Waals surface area contributed by atoms with Gasteiger partial charge in [0.25, 0.3) is 5.69 Å². The molecule has 28 heavy (non-hydrogen) atoms. The molecule has 3 atom stereocenters. The number of nitrogens with one attached hydrogen (secondary N) is 1. The summed E-state index contributed by atoms with van der Waals surface area (Å²) in [5.41, 5.74) is -1.42. The highest BCUT2D eigenvalue weighted by Gasteiger charge is 2.41. The second-order valence-electron chi connectivity index (χ2n) is 7.93. The fourth-order valence-electron chi connectivity index (χ4n) is 2.63. The number of hydrogen-bond donors (Lipinski definition) is 1. The van der Waals surface area contributed by atoms with Crippen LogP contribution >= 0.6 is 11.8 Å². The first-order valence-electron chi connectivity index (χ1n) is 8.70. The summed E-state index contributed by atoms with van der Waals surface area (Å²) < 4.78 is 34.4. The number of thioether (sulfide) groups is 1. The third-order valence-corrected chi connectivity index (χ3v) is 7.89. The molecule has 0 aliphatic carbocycles. The van der Waals surface area contributed by atoms with E-state index in [1.165, 1.54) is 11.8 Å². The van der Waals surface area contributed by atoms with Crippen LogP contribution in [-0.4, -0.2) is 37.6 Å². The maximum absolute atomic E-state index is 14.7. The van der Waals surface area contributed by atoms with E-state index in [1.807, 2.05) is 0 Å². The average Bonchev–Trinajstić information content (AvgIpc) is 3.09. The molecule has 10 heteroatoms. The topological polar surface area (TPSA) is 105 Å². The van der Waals surface area contributed by atoms with Crippen molar-refractivity contribution in [2.24, 2.45) is 0 Å². The first-order valence-corrected chi connectivity index (χ1v) is 10.8. The van der Waals surface area contributed by atoms with Crippen LogP contribution in [0.1, 0.15) is 39.7 Å². The third-order valence-electron chi connectivity index (χ3n) is 4.46. The van der Waals surface area contributed by atoms with Gasteiger partial charge in [-0.2, -0.15) is 5.26 Å². The summed E-state index contributed by atoms with van der Waals surface area (Å²) in [5, 5.41) is 20.7. The van der Waals surface area contributed by atoms with Gasteiger partial charge in [-0.3, -0.25) is 10.1 Å². The number of nitro groups is 1. The van der Waals surface area contributed by atoms with Crippen LogP contribution in [-0.2, 0) is 21.3 Å². The Hall–Kier alpha value is -1.54. The molecule has 0 saturated carbocycles. The predicted octanol–water partition coefficient (Wildman–Crippen LogP) is 3.42. The monoisotopic (exact) mass is 429 g/mol. The highest BCUT2D eigenvalue weighted by atomic mass is 32.2. The summed E-state index contributed by atoms with van der Waals surface area (Å²) >= 11 is 1.29. The van der Waals surface area contributed by atoms with Crippen molar-refractivity contribution in [3.05, 3.63) is 39.7 Å². The Labute approximate surface area is 170 Å². The number of rotatable bonds is 7. The Morgan fingerprint density at radius 1 is 1.46 bits per heavy atom. The third kappa shape index (κ3) is 5.08. The summed E-state index contributed by atoms with van der Waals surface area (Å²) in [5.74, 6) is -0.454. The van der Waals surface area contributed by atoms with Crippen LogP contribution < -0.4 is 4.72 Å². The van der Waals surface area contributed by atoms with E-state index in [2.05, 4.69) is 10.8 Å². The van der Waals surface area contributed by atoms with E-state index in [0.29, 0.717) is 13.0 Å². The summed E-state index contributed by atoms with van der Waals surface area (Å²) in [7, 11) is -1.57. The number of benzene rings is 1. The first kappa shape index (κ1) is 22.7. The maximum Gasteiger partial charge on any atom is 0.269 e. The first-order chi connectivity index (χ1) is 12.9. The molecule has 1 saturated heterocycles. The van der Waals surface area contributed by atoms with Crippen molar-refractivity contribution in [1.29, 1.82) is 5.26 Å². The quantitative estimate of drug-likeness (QED) is 0.526. The van der Waals surface area contributed by atoms with Crippen molar-refractivity contribution in [3.8, 4) is 6.07 Å². The molecule has 0 radical (unpaired) electrons. The van der Waals surface area contributed by atoms with Gasteiger partial charge < -0.3 is 4.74 Å². The minimum Gasteiger partial charge on any atom is -0.379 e. The molecule has 154 valence electrons. The van der Waals surface area contributed by atoms with Crippen molar-refractivity contribution >= 4 is 28.4 Å². The molecule has 1 heterocycles. The second-order valence-corrected chi connectivity index (χ2v) is 11.3. The molecule has 0 unspecified atom stereocenters. The van der Waals surface area contributed by atoms with Crippen LogP contribution in [0.5, 0.6) is 0 Å². The lowest BCUT2D eigenvalue weighted by Crippen LogP contribution is -2.49. The van der Waals surface area contributed by atoms with Crippen LogP contribution in [0.25, 0.3) is 0 Å². The average molecular weight is 430 g/mol. The van der Waals surface area contributed by atoms with E-state index < -0.39 is 36.8 Å². The number of nitrogens with zero attached hydrogens (tertiary/aromatic N) is 2. The van der Waals surface area contributed by atoms with Crippen LogP contribution in [0, 0.1) is 27.3 Å². The second kappa shape index (κ2) is 8.45. The Balaban J connectivity index is 2.44. The van der Waals surface area contributed by atoms with E-state index in [1.54, 1.807) is 27.7 Å². The molecule has 0 bridgehead atoms. The van der Waals surface area contributed by atoms with Gasteiger partial charge >= 0.3 is 0 Å². The number of halogens is 1. The molecule has 0 spiro atoms. The van der Waals surface area contributed by atoms with Crippen LogP contribution in [0.2, 0.25) is 0 Å². The van der Waals surface area contributed by atoms with Crippen LogP contribution in [0.15, 0.2) is 18.2 Å². The minimum atomic E-state index is -1.57. The maximum atomic E-state index is 14.7. The van der Waals surface area contributed by atoms with Gasteiger partial charge in [0.05, 0.1) is 38.9 Å². The van der Waals surface area contributed by atoms with E-state index in [4.69, 9.17) is 4.74 Å². The van der Waals surface area contributed by atoms with Gasteiger partial charge in [-0.1, -0.05) is 0 Å². The van der Waals surface area contributed by atoms with Gasteiger partial charge in [0.1, 0.15) is 10.6 Å². The summed E-state index contributed by atoms with van der Waals surface area (Å²) in [6.07, 6.45) is 0.532. The van der Waals surface area contributed by atoms with E-state index in [9.17, 15) is 24.0 Å². The Kier molecular flexibility index (Phi) is 6.86. The normalized spacial score (nSPS) is 23.0. The Bertz CT molecular complexity index is 816. The largest absolute Gasteiger partial charge is 0.379 e. The number of nitriles is 1. The molecular formula is C18H24FN3O4S2. The molecule has 0 aromatic heterocycles. The molecule has 2 rings (SSSR count). The minimum absolute atomic E-state index is 0.0406. The highest BCUT2D eigenvalue weighted by molar-refractivity contribution is 8.01. The Morgan fingerprint density at radius 2 is 2.14 bits per heavy atom. The van der Waals surface area contributed by atoms with Gasteiger partial charge in [0, 0.05) is 36.5 Å². The summed E-state index contributed by atoms with van der Waals surface area (Å²) in [6, 6.07) is 5.55. The molecule has 0 amide bonds. The Morgan fingerprint density at radius 3 is 2.64 bits per heavy atom.